The number of phenolic OH excluding ortho intramolecular Hbond substituents is 1. The average Bonchev–Trinajstić information content (AvgIpc) is 2.38. The number of piperazine rings is 1. The monoisotopic (exact) mass is 248 g/mol. The Kier molecular flexibility index (Phi) is 4.61. The Balaban J connectivity index is 2.22. The van der Waals surface area contributed by atoms with Crippen LogP contribution in [0.1, 0.15) is 36.9 Å². The zero-order chi connectivity index (χ0) is 13.0. The van der Waals surface area contributed by atoms with Crippen LogP contribution in [0.25, 0.3) is 0 Å². The van der Waals surface area contributed by atoms with Crippen molar-refractivity contribution in [2.45, 2.75) is 32.7 Å². The van der Waals surface area contributed by atoms with E-state index in [1.54, 1.807) is 0 Å². The SMILES string of the molecule is CCC[C@H](c1ccc(C)cc1O)N1CCNCC1. The second kappa shape index (κ2) is 6.21. The van der Waals surface area contributed by atoms with E-state index in [2.05, 4.69) is 29.3 Å². The zero-order valence-corrected chi connectivity index (χ0v) is 11.4. The molecule has 0 aromatic heterocycles. The Morgan fingerprint density at radius 1 is 1.33 bits per heavy atom. The highest BCUT2D eigenvalue weighted by Gasteiger charge is 2.23. The first-order chi connectivity index (χ1) is 8.72. The first-order valence-corrected chi connectivity index (χ1v) is 6.96. The van der Waals surface area contributed by atoms with Crippen molar-refractivity contribution < 1.29 is 5.11 Å². The Labute approximate surface area is 110 Å². The van der Waals surface area contributed by atoms with Crippen molar-refractivity contribution in [1.29, 1.82) is 0 Å². The number of nitrogens with zero attached hydrogens (tertiary/aromatic N) is 1. The molecule has 3 heteroatoms. The summed E-state index contributed by atoms with van der Waals surface area (Å²) < 4.78 is 0. The molecule has 2 N–H and O–H groups in total. The molecular formula is C15H24N2O. The molecule has 0 saturated carbocycles. The van der Waals surface area contributed by atoms with E-state index in [0.29, 0.717) is 11.8 Å². The minimum Gasteiger partial charge on any atom is -0.508 e. The highest BCUT2D eigenvalue weighted by Crippen LogP contribution is 2.32. The number of rotatable bonds is 4. The van der Waals surface area contributed by atoms with Crippen molar-refractivity contribution in [3.05, 3.63) is 29.3 Å². The van der Waals surface area contributed by atoms with Gasteiger partial charge in [0, 0.05) is 37.8 Å². The molecule has 1 fully saturated rings. The second-order valence-electron chi connectivity index (χ2n) is 5.15. The van der Waals surface area contributed by atoms with E-state index in [-0.39, 0.29) is 0 Å². The molecule has 0 bridgehead atoms. The minimum atomic E-state index is 0.359. The summed E-state index contributed by atoms with van der Waals surface area (Å²) in [7, 11) is 0. The van der Waals surface area contributed by atoms with Gasteiger partial charge >= 0.3 is 0 Å². The summed E-state index contributed by atoms with van der Waals surface area (Å²) in [5, 5.41) is 13.6. The summed E-state index contributed by atoms with van der Waals surface area (Å²) >= 11 is 0. The molecular weight excluding hydrogens is 224 g/mol. The smallest absolute Gasteiger partial charge is 0.120 e. The van der Waals surface area contributed by atoms with Crippen molar-refractivity contribution in [2.24, 2.45) is 0 Å². The van der Waals surface area contributed by atoms with Gasteiger partial charge in [0.25, 0.3) is 0 Å². The van der Waals surface area contributed by atoms with Crippen LogP contribution in [-0.2, 0) is 0 Å². The highest BCUT2D eigenvalue weighted by atomic mass is 16.3. The Morgan fingerprint density at radius 2 is 2.06 bits per heavy atom. The average molecular weight is 248 g/mol. The quantitative estimate of drug-likeness (QED) is 0.859. The van der Waals surface area contributed by atoms with Crippen LogP contribution in [0.3, 0.4) is 0 Å². The van der Waals surface area contributed by atoms with E-state index in [1.807, 2.05) is 13.0 Å². The van der Waals surface area contributed by atoms with Gasteiger partial charge in [-0.3, -0.25) is 4.90 Å². The summed E-state index contributed by atoms with van der Waals surface area (Å²) in [6.45, 7) is 8.46. The van der Waals surface area contributed by atoms with Crippen molar-refractivity contribution in [3.8, 4) is 5.75 Å². The summed E-state index contributed by atoms with van der Waals surface area (Å²) in [6, 6.07) is 6.42. The standard InChI is InChI=1S/C15H24N2O/c1-3-4-14(17-9-7-16-8-10-17)13-6-5-12(2)11-15(13)18/h5-6,11,14,16,18H,3-4,7-10H2,1-2H3/t14-/m1/s1. The fourth-order valence-electron chi connectivity index (χ4n) is 2.74. The zero-order valence-electron chi connectivity index (χ0n) is 11.4. The van der Waals surface area contributed by atoms with Gasteiger partial charge in [-0.05, 0) is 25.0 Å². The molecule has 1 heterocycles. The summed E-state index contributed by atoms with van der Waals surface area (Å²) in [5.41, 5.74) is 2.20. The predicted octanol–water partition coefficient (Wildman–Crippen LogP) is 2.45. The first-order valence-electron chi connectivity index (χ1n) is 6.96. The van der Waals surface area contributed by atoms with Crippen molar-refractivity contribution in [1.82, 2.24) is 10.2 Å². The maximum atomic E-state index is 10.2. The van der Waals surface area contributed by atoms with Crippen molar-refractivity contribution >= 4 is 0 Å². The van der Waals surface area contributed by atoms with Gasteiger partial charge in [-0.15, -0.1) is 0 Å². The van der Waals surface area contributed by atoms with E-state index in [9.17, 15) is 5.11 Å². The van der Waals surface area contributed by atoms with E-state index >= 15 is 0 Å². The highest BCUT2D eigenvalue weighted by molar-refractivity contribution is 5.38. The molecule has 0 aliphatic carbocycles. The number of benzene rings is 1. The number of aryl methyl sites for hydroxylation is 1. The Hall–Kier alpha value is -1.06. The van der Waals surface area contributed by atoms with Gasteiger partial charge in [-0.1, -0.05) is 25.5 Å². The van der Waals surface area contributed by atoms with Crippen molar-refractivity contribution in [3.63, 3.8) is 0 Å². The fraction of sp³-hybridized carbons (Fsp3) is 0.600. The third-order valence-electron chi connectivity index (χ3n) is 3.70. The van der Waals surface area contributed by atoms with Crippen LogP contribution in [-0.4, -0.2) is 36.2 Å². The molecule has 1 atom stereocenters. The van der Waals surface area contributed by atoms with Crippen LogP contribution in [0.15, 0.2) is 18.2 Å². The van der Waals surface area contributed by atoms with E-state index in [1.165, 1.54) is 0 Å². The maximum Gasteiger partial charge on any atom is 0.120 e. The van der Waals surface area contributed by atoms with E-state index in [0.717, 1.165) is 50.1 Å². The summed E-state index contributed by atoms with van der Waals surface area (Å²) in [5.74, 6) is 0.451. The van der Waals surface area contributed by atoms with Gasteiger partial charge in [0.15, 0.2) is 0 Å². The number of aromatic hydroxyl groups is 1. The Morgan fingerprint density at radius 3 is 2.67 bits per heavy atom. The van der Waals surface area contributed by atoms with Gasteiger partial charge in [0.1, 0.15) is 5.75 Å². The normalized spacial score (nSPS) is 18.8. The van der Waals surface area contributed by atoms with Gasteiger partial charge in [-0.2, -0.15) is 0 Å². The molecule has 1 saturated heterocycles. The van der Waals surface area contributed by atoms with Crippen LogP contribution in [0.2, 0.25) is 0 Å². The summed E-state index contributed by atoms with van der Waals surface area (Å²) in [6.07, 6.45) is 2.25. The topological polar surface area (TPSA) is 35.5 Å². The molecule has 1 aliphatic heterocycles. The maximum absolute atomic E-state index is 10.2. The predicted molar refractivity (Wildman–Crippen MR) is 74.9 cm³/mol. The van der Waals surface area contributed by atoms with Crippen LogP contribution in [0.5, 0.6) is 5.75 Å². The molecule has 1 aromatic rings. The minimum absolute atomic E-state index is 0.359. The molecule has 18 heavy (non-hydrogen) atoms. The molecule has 0 radical (unpaired) electrons. The number of nitrogens with one attached hydrogen (secondary N) is 1. The fourth-order valence-corrected chi connectivity index (χ4v) is 2.74. The molecule has 1 aliphatic rings. The molecule has 2 rings (SSSR count). The largest absolute Gasteiger partial charge is 0.508 e. The van der Waals surface area contributed by atoms with Gasteiger partial charge in [0.2, 0.25) is 0 Å². The number of hydrogen-bond acceptors (Lipinski definition) is 3. The second-order valence-corrected chi connectivity index (χ2v) is 5.15. The summed E-state index contributed by atoms with van der Waals surface area (Å²) in [4.78, 5) is 2.49. The lowest BCUT2D eigenvalue weighted by Gasteiger charge is -2.35. The molecule has 0 spiro atoms. The van der Waals surface area contributed by atoms with Crippen molar-refractivity contribution in [2.75, 3.05) is 26.2 Å². The molecule has 100 valence electrons. The van der Waals surface area contributed by atoms with Gasteiger partial charge in [0.05, 0.1) is 0 Å². The molecule has 0 amide bonds. The van der Waals surface area contributed by atoms with Crippen LogP contribution in [0, 0.1) is 6.92 Å². The van der Waals surface area contributed by atoms with E-state index in [4.69, 9.17) is 0 Å². The van der Waals surface area contributed by atoms with Gasteiger partial charge < -0.3 is 10.4 Å². The van der Waals surface area contributed by atoms with Crippen LogP contribution < -0.4 is 5.32 Å². The lowest BCUT2D eigenvalue weighted by Crippen LogP contribution is -2.45. The van der Waals surface area contributed by atoms with E-state index < -0.39 is 0 Å². The molecule has 0 unspecified atom stereocenters. The number of hydrogen-bond donors (Lipinski definition) is 2. The molecule has 3 nitrogen and oxygen atoms in total. The first kappa shape index (κ1) is 13.4. The van der Waals surface area contributed by atoms with Crippen LogP contribution >= 0.6 is 0 Å². The van der Waals surface area contributed by atoms with Gasteiger partial charge in [-0.25, -0.2) is 0 Å². The third kappa shape index (κ3) is 3.03. The van der Waals surface area contributed by atoms with Crippen LogP contribution in [0.4, 0.5) is 0 Å². The lowest BCUT2D eigenvalue weighted by molar-refractivity contribution is 0.162. The number of phenols is 1. The Bertz CT molecular complexity index is 386. The third-order valence-corrected chi connectivity index (χ3v) is 3.70. The lowest BCUT2D eigenvalue weighted by atomic mass is 9.98. The molecule has 1 aromatic carbocycles.